The number of unbranched alkanes of at least 4 members (excludes halogenated alkanes) is 1. The van der Waals surface area contributed by atoms with Crippen LogP contribution >= 0.6 is 11.6 Å². The number of nitrogens with zero attached hydrogens (tertiary/aromatic N) is 2. The summed E-state index contributed by atoms with van der Waals surface area (Å²) in [5, 5.41) is 21.4. The minimum absolute atomic E-state index is 0.0228. The van der Waals surface area contributed by atoms with Crippen LogP contribution in [0.2, 0.25) is 5.15 Å². The third kappa shape index (κ3) is 4.81. The van der Waals surface area contributed by atoms with Crippen LogP contribution < -0.4 is 5.32 Å². The van der Waals surface area contributed by atoms with E-state index in [4.69, 9.17) is 16.7 Å². The van der Waals surface area contributed by atoms with Crippen molar-refractivity contribution in [2.45, 2.75) is 19.3 Å². The van der Waals surface area contributed by atoms with Crippen LogP contribution in [0.5, 0.6) is 0 Å². The monoisotopic (exact) mass is 301 g/mol. The Balaban J connectivity index is 2.57. The smallest absolute Gasteiger partial charge is 0.303 e. The van der Waals surface area contributed by atoms with Crippen molar-refractivity contribution in [3.05, 3.63) is 33.1 Å². The van der Waals surface area contributed by atoms with E-state index in [1.165, 1.54) is 0 Å². The molecule has 108 valence electrons. The SMILES string of the molecule is O=C(O)CCCCNC(=O)c1cc([N+](=O)[O-])cnc1Cl. The van der Waals surface area contributed by atoms with Crippen molar-refractivity contribution in [2.24, 2.45) is 0 Å². The van der Waals surface area contributed by atoms with Gasteiger partial charge in [0.1, 0.15) is 11.3 Å². The molecule has 1 amide bonds. The summed E-state index contributed by atoms with van der Waals surface area (Å²) in [6, 6.07) is 1.04. The molecule has 2 N–H and O–H groups in total. The number of nitro groups is 1. The molecule has 1 aromatic rings. The minimum atomic E-state index is -0.901. The normalized spacial score (nSPS) is 10.1. The second-order valence-electron chi connectivity index (χ2n) is 3.90. The molecule has 0 aliphatic heterocycles. The van der Waals surface area contributed by atoms with Crippen LogP contribution in [-0.4, -0.2) is 33.4 Å². The summed E-state index contributed by atoms with van der Waals surface area (Å²) in [4.78, 5) is 35.5. The number of hydrogen-bond acceptors (Lipinski definition) is 5. The summed E-state index contributed by atoms with van der Waals surface area (Å²) in [5.41, 5.74) is -0.412. The largest absolute Gasteiger partial charge is 0.481 e. The number of aromatic nitrogens is 1. The quantitative estimate of drug-likeness (QED) is 0.341. The van der Waals surface area contributed by atoms with Crippen LogP contribution in [0.3, 0.4) is 0 Å². The van der Waals surface area contributed by atoms with E-state index < -0.39 is 16.8 Å². The summed E-state index contributed by atoms with van der Waals surface area (Å²) >= 11 is 5.71. The van der Waals surface area contributed by atoms with E-state index in [0.29, 0.717) is 12.8 Å². The molecule has 0 aliphatic carbocycles. The van der Waals surface area contributed by atoms with Crippen LogP contribution in [0.4, 0.5) is 5.69 Å². The first-order chi connectivity index (χ1) is 9.41. The van der Waals surface area contributed by atoms with Gasteiger partial charge in [0.05, 0.1) is 10.5 Å². The van der Waals surface area contributed by atoms with E-state index in [-0.39, 0.29) is 29.4 Å². The number of hydrogen-bond donors (Lipinski definition) is 2. The third-order valence-corrected chi connectivity index (χ3v) is 2.68. The second-order valence-corrected chi connectivity index (χ2v) is 4.25. The van der Waals surface area contributed by atoms with Gasteiger partial charge in [-0.2, -0.15) is 0 Å². The maximum absolute atomic E-state index is 11.8. The number of rotatable bonds is 7. The zero-order valence-corrected chi connectivity index (χ0v) is 11.1. The number of halogens is 1. The van der Waals surface area contributed by atoms with Gasteiger partial charge < -0.3 is 10.4 Å². The predicted molar refractivity (Wildman–Crippen MR) is 69.7 cm³/mol. The molecule has 1 aromatic heterocycles. The fraction of sp³-hybridized carbons (Fsp3) is 0.364. The molecular weight excluding hydrogens is 290 g/mol. The molecule has 1 heterocycles. The van der Waals surface area contributed by atoms with Crippen molar-refractivity contribution < 1.29 is 19.6 Å². The highest BCUT2D eigenvalue weighted by Crippen LogP contribution is 2.18. The Bertz CT molecular complexity index is 535. The van der Waals surface area contributed by atoms with E-state index in [9.17, 15) is 19.7 Å². The van der Waals surface area contributed by atoms with Gasteiger partial charge in [-0.15, -0.1) is 0 Å². The molecule has 9 heteroatoms. The van der Waals surface area contributed by atoms with E-state index in [1.54, 1.807) is 0 Å². The molecule has 0 spiro atoms. The Morgan fingerprint density at radius 1 is 1.45 bits per heavy atom. The summed E-state index contributed by atoms with van der Waals surface area (Å²) in [5.74, 6) is -1.48. The van der Waals surface area contributed by atoms with Gasteiger partial charge in [-0.3, -0.25) is 19.7 Å². The van der Waals surface area contributed by atoms with Crippen molar-refractivity contribution in [2.75, 3.05) is 6.54 Å². The highest BCUT2D eigenvalue weighted by molar-refractivity contribution is 6.32. The maximum Gasteiger partial charge on any atom is 0.303 e. The molecule has 0 saturated heterocycles. The van der Waals surface area contributed by atoms with Crippen LogP contribution in [0.15, 0.2) is 12.3 Å². The van der Waals surface area contributed by atoms with Crippen LogP contribution in [0.25, 0.3) is 0 Å². The van der Waals surface area contributed by atoms with Crippen molar-refractivity contribution in [3.63, 3.8) is 0 Å². The Hall–Kier alpha value is -2.22. The van der Waals surface area contributed by atoms with Crippen molar-refractivity contribution in [3.8, 4) is 0 Å². The number of pyridine rings is 1. The molecule has 0 fully saturated rings. The van der Waals surface area contributed by atoms with Gasteiger partial charge in [0.2, 0.25) is 0 Å². The van der Waals surface area contributed by atoms with Crippen molar-refractivity contribution >= 4 is 29.2 Å². The number of amides is 1. The Morgan fingerprint density at radius 2 is 2.15 bits per heavy atom. The lowest BCUT2D eigenvalue weighted by atomic mass is 10.2. The number of aliphatic carboxylic acids is 1. The van der Waals surface area contributed by atoms with E-state index >= 15 is 0 Å². The number of carboxylic acids is 1. The minimum Gasteiger partial charge on any atom is -0.481 e. The van der Waals surface area contributed by atoms with Gasteiger partial charge in [-0.05, 0) is 12.8 Å². The zero-order valence-electron chi connectivity index (χ0n) is 10.3. The molecular formula is C11H12ClN3O5. The van der Waals surface area contributed by atoms with E-state index in [1.807, 2.05) is 0 Å². The lowest BCUT2D eigenvalue weighted by molar-refractivity contribution is -0.385. The molecule has 0 bridgehead atoms. The first-order valence-corrected chi connectivity index (χ1v) is 6.09. The average Bonchev–Trinajstić information content (AvgIpc) is 2.37. The fourth-order valence-corrected chi connectivity index (χ4v) is 1.58. The lowest BCUT2D eigenvalue weighted by Gasteiger charge is -2.05. The summed E-state index contributed by atoms with van der Waals surface area (Å²) in [7, 11) is 0. The van der Waals surface area contributed by atoms with Crippen molar-refractivity contribution in [1.29, 1.82) is 0 Å². The van der Waals surface area contributed by atoms with Crippen LogP contribution in [0.1, 0.15) is 29.6 Å². The third-order valence-electron chi connectivity index (χ3n) is 2.38. The maximum atomic E-state index is 11.8. The summed E-state index contributed by atoms with van der Waals surface area (Å²) < 4.78 is 0. The molecule has 0 atom stereocenters. The summed E-state index contributed by atoms with van der Waals surface area (Å²) in [6.07, 6.45) is 1.90. The molecule has 1 rings (SSSR count). The van der Waals surface area contributed by atoms with Gasteiger partial charge in [-0.25, -0.2) is 4.98 Å². The average molecular weight is 302 g/mol. The topological polar surface area (TPSA) is 122 Å². The number of carbonyl (C=O) groups is 2. The van der Waals surface area contributed by atoms with E-state index in [0.717, 1.165) is 12.3 Å². The number of carboxylic acid groups (broad SMARTS) is 1. The highest BCUT2D eigenvalue weighted by Gasteiger charge is 2.16. The lowest BCUT2D eigenvalue weighted by Crippen LogP contribution is -2.25. The fourth-order valence-electron chi connectivity index (χ4n) is 1.39. The standard InChI is InChI=1S/C11H12ClN3O5/c12-10-8(5-7(6-14-10)15(19)20)11(18)13-4-2-1-3-9(16)17/h5-6H,1-4H2,(H,13,18)(H,16,17). The predicted octanol–water partition coefficient (Wildman–Crippen LogP) is 1.63. The van der Waals surface area contributed by atoms with Crippen LogP contribution in [-0.2, 0) is 4.79 Å². The highest BCUT2D eigenvalue weighted by atomic mass is 35.5. The molecule has 0 saturated carbocycles. The van der Waals surface area contributed by atoms with Crippen molar-refractivity contribution in [1.82, 2.24) is 10.3 Å². The van der Waals surface area contributed by atoms with Gasteiger partial charge in [0.15, 0.2) is 0 Å². The van der Waals surface area contributed by atoms with Gasteiger partial charge in [0, 0.05) is 19.0 Å². The van der Waals surface area contributed by atoms with Gasteiger partial charge in [0.25, 0.3) is 11.6 Å². The molecule has 0 aromatic carbocycles. The molecule has 0 unspecified atom stereocenters. The second kappa shape index (κ2) is 7.39. The first kappa shape index (κ1) is 15.8. The zero-order chi connectivity index (χ0) is 15.1. The number of nitrogens with one attached hydrogen (secondary N) is 1. The Morgan fingerprint density at radius 3 is 2.75 bits per heavy atom. The Labute approximate surface area is 118 Å². The molecule has 0 aliphatic rings. The van der Waals surface area contributed by atoms with E-state index in [2.05, 4.69) is 10.3 Å². The molecule has 8 nitrogen and oxygen atoms in total. The van der Waals surface area contributed by atoms with Gasteiger partial charge in [-0.1, -0.05) is 11.6 Å². The molecule has 20 heavy (non-hydrogen) atoms. The van der Waals surface area contributed by atoms with Gasteiger partial charge >= 0.3 is 5.97 Å². The first-order valence-electron chi connectivity index (χ1n) is 5.71. The van der Waals surface area contributed by atoms with Crippen LogP contribution in [0, 0.1) is 10.1 Å². The summed E-state index contributed by atoms with van der Waals surface area (Å²) in [6.45, 7) is 0.255. The number of carbonyl (C=O) groups excluding carboxylic acids is 1. The Kier molecular flexibility index (Phi) is 5.85. The molecule has 0 radical (unpaired) electrons.